The highest BCUT2D eigenvalue weighted by atomic mass is 16.5. The normalized spacial score (nSPS) is 14.9. The van der Waals surface area contributed by atoms with Crippen molar-refractivity contribution in [2.45, 2.75) is 38.9 Å². The summed E-state index contributed by atoms with van der Waals surface area (Å²) in [4.78, 5) is 9.89. The van der Waals surface area contributed by atoms with Gasteiger partial charge in [0.05, 0.1) is 12.2 Å². The Morgan fingerprint density at radius 2 is 2.25 bits per heavy atom. The highest BCUT2D eigenvalue weighted by Gasteiger charge is 2.08. The summed E-state index contributed by atoms with van der Waals surface area (Å²) in [6, 6.07) is 0. The fraction of sp³-hybridized carbons (Fsp3) is 0.667. The largest absolute Gasteiger partial charge is 0.465 e. The topological polar surface area (TPSA) is 46.5 Å². The first-order valence-corrected chi connectivity index (χ1v) is 4.00. The first-order valence-electron chi connectivity index (χ1n) is 4.00. The van der Waals surface area contributed by atoms with Gasteiger partial charge in [-0.3, -0.25) is 4.79 Å². The molecule has 0 aromatic rings. The van der Waals surface area contributed by atoms with Crippen molar-refractivity contribution in [3.8, 4) is 0 Å². The molecule has 3 heteroatoms. The van der Waals surface area contributed by atoms with E-state index in [-0.39, 0.29) is 6.10 Å². The van der Waals surface area contributed by atoms with Gasteiger partial charge in [-0.05, 0) is 26.7 Å². The predicted octanol–water partition coefficient (Wildman–Crippen LogP) is 1.27. The fourth-order valence-corrected chi connectivity index (χ4v) is 0.802. The van der Waals surface area contributed by atoms with E-state index in [1.807, 2.05) is 0 Å². The summed E-state index contributed by atoms with van der Waals surface area (Å²) in [6.45, 7) is 7.61. The van der Waals surface area contributed by atoms with Crippen LogP contribution in [-0.4, -0.2) is 23.8 Å². The lowest BCUT2D eigenvalue weighted by Crippen LogP contribution is -2.13. The minimum atomic E-state index is -0.484. The van der Waals surface area contributed by atoms with Gasteiger partial charge in [-0.25, -0.2) is 0 Å². The van der Waals surface area contributed by atoms with Gasteiger partial charge < -0.3 is 9.84 Å². The predicted molar refractivity (Wildman–Crippen MR) is 46.7 cm³/mol. The number of hydrogen-bond acceptors (Lipinski definition) is 3. The molecule has 12 heavy (non-hydrogen) atoms. The highest BCUT2D eigenvalue weighted by Crippen LogP contribution is 2.09. The number of carbonyl (C=O) groups is 1. The molecule has 0 aromatic heterocycles. The van der Waals surface area contributed by atoms with Crippen molar-refractivity contribution in [1.29, 1.82) is 0 Å². The number of hydrogen-bond donors (Lipinski definition) is 1. The Kier molecular flexibility index (Phi) is 5.37. The van der Waals surface area contributed by atoms with E-state index in [0.29, 0.717) is 19.3 Å². The van der Waals surface area contributed by atoms with Crippen LogP contribution in [-0.2, 0) is 9.53 Å². The molecule has 3 nitrogen and oxygen atoms in total. The van der Waals surface area contributed by atoms with E-state index < -0.39 is 6.10 Å². The van der Waals surface area contributed by atoms with Crippen LogP contribution in [0.25, 0.3) is 0 Å². The van der Waals surface area contributed by atoms with Crippen LogP contribution in [0.5, 0.6) is 0 Å². The SMILES string of the molecule is C=C(C)C(O)CCC(C)OC=O. The molecule has 2 atom stereocenters. The Labute approximate surface area is 73.0 Å². The van der Waals surface area contributed by atoms with E-state index in [1.54, 1.807) is 13.8 Å². The standard InChI is InChI=1S/C9H16O3/c1-7(2)9(11)5-4-8(3)12-6-10/h6,8-9,11H,1,4-5H2,2-3H3. The van der Waals surface area contributed by atoms with Crippen molar-refractivity contribution >= 4 is 6.47 Å². The Morgan fingerprint density at radius 1 is 1.67 bits per heavy atom. The monoisotopic (exact) mass is 172 g/mol. The van der Waals surface area contributed by atoms with E-state index in [0.717, 1.165) is 5.57 Å². The lowest BCUT2D eigenvalue weighted by Gasteiger charge is -2.13. The van der Waals surface area contributed by atoms with Crippen LogP contribution in [0.1, 0.15) is 26.7 Å². The van der Waals surface area contributed by atoms with Gasteiger partial charge >= 0.3 is 0 Å². The second-order valence-corrected chi connectivity index (χ2v) is 2.98. The quantitative estimate of drug-likeness (QED) is 0.484. The molecule has 1 N–H and O–H groups in total. The van der Waals surface area contributed by atoms with Crippen molar-refractivity contribution in [3.05, 3.63) is 12.2 Å². The molecule has 0 aromatic carbocycles. The molecule has 0 bridgehead atoms. The van der Waals surface area contributed by atoms with Crippen LogP contribution in [0.2, 0.25) is 0 Å². The molecule has 0 aliphatic heterocycles. The summed E-state index contributed by atoms with van der Waals surface area (Å²) in [5.74, 6) is 0. The van der Waals surface area contributed by atoms with Crippen LogP contribution >= 0.6 is 0 Å². The summed E-state index contributed by atoms with van der Waals surface area (Å²) < 4.78 is 4.65. The van der Waals surface area contributed by atoms with Gasteiger partial charge in [0.15, 0.2) is 0 Å². The van der Waals surface area contributed by atoms with Gasteiger partial charge in [-0.15, -0.1) is 0 Å². The lowest BCUT2D eigenvalue weighted by molar-refractivity contribution is -0.133. The minimum absolute atomic E-state index is 0.128. The third-order valence-corrected chi connectivity index (χ3v) is 1.70. The van der Waals surface area contributed by atoms with Gasteiger partial charge in [0.2, 0.25) is 0 Å². The molecule has 0 saturated carbocycles. The average molecular weight is 172 g/mol. The molecule has 0 spiro atoms. The maximum atomic E-state index is 9.89. The maximum Gasteiger partial charge on any atom is 0.293 e. The molecule has 0 fully saturated rings. The Morgan fingerprint density at radius 3 is 2.67 bits per heavy atom. The maximum absolute atomic E-state index is 9.89. The smallest absolute Gasteiger partial charge is 0.293 e. The van der Waals surface area contributed by atoms with E-state index in [1.165, 1.54) is 0 Å². The average Bonchev–Trinajstić information content (AvgIpc) is 2.00. The number of aliphatic hydroxyl groups excluding tert-OH is 1. The Hall–Kier alpha value is -0.830. The number of aliphatic hydroxyl groups is 1. The molecule has 0 heterocycles. The van der Waals surface area contributed by atoms with Gasteiger partial charge in [0.25, 0.3) is 6.47 Å². The van der Waals surface area contributed by atoms with Gasteiger partial charge in [-0.2, -0.15) is 0 Å². The second-order valence-electron chi connectivity index (χ2n) is 2.98. The molecule has 0 radical (unpaired) electrons. The van der Waals surface area contributed by atoms with Crippen LogP contribution in [0, 0.1) is 0 Å². The van der Waals surface area contributed by atoms with Crippen LogP contribution in [0.4, 0.5) is 0 Å². The summed E-state index contributed by atoms with van der Waals surface area (Å²) in [6.07, 6.45) is 0.635. The lowest BCUT2D eigenvalue weighted by atomic mass is 10.1. The molecule has 0 aliphatic rings. The zero-order chi connectivity index (χ0) is 9.56. The molecule has 0 saturated heterocycles. The Bertz CT molecular complexity index is 154. The third-order valence-electron chi connectivity index (χ3n) is 1.70. The van der Waals surface area contributed by atoms with Crippen molar-refractivity contribution in [3.63, 3.8) is 0 Å². The summed E-state index contributed by atoms with van der Waals surface area (Å²) >= 11 is 0. The Balaban J connectivity index is 3.53. The van der Waals surface area contributed by atoms with Gasteiger partial charge in [-0.1, -0.05) is 12.2 Å². The van der Waals surface area contributed by atoms with Crippen LogP contribution in [0.3, 0.4) is 0 Å². The molecule has 70 valence electrons. The molecular formula is C9H16O3. The van der Waals surface area contributed by atoms with E-state index in [2.05, 4.69) is 11.3 Å². The van der Waals surface area contributed by atoms with Crippen LogP contribution < -0.4 is 0 Å². The minimum Gasteiger partial charge on any atom is -0.465 e. The molecule has 0 aliphatic carbocycles. The van der Waals surface area contributed by atoms with E-state index in [4.69, 9.17) is 0 Å². The molecule has 2 unspecified atom stereocenters. The number of rotatable bonds is 6. The zero-order valence-corrected chi connectivity index (χ0v) is 7.62. The summed E-state index contributed by atoms with van der Waals surface area (Å²) in [5, 5.41) is 9.30. The zero-order valence-electron chi connectivity index (χ0n) is 7.62. The van der Waals surface area contributed by atoms with Crippen molar-refractivity contribution in [2.75, 3.05) is 0 Å². The fourth-order valence-electron chi connectivity index (χ4n) is 0.802. The number of carbonyl (C=O) groups excluding carboxylic acids is 1. The first-order chi connectivity index (χ1) is 5.57. The van der Waals surface area contributed by atoms with E-state index in [9.17, 15) is 9.90 Å². The molecular weight excluding hydrogens is 156 g/mol. The highest BCUT2D eigenvalue weighted by molar-refractivity contribution is 5.37. The third kappa shape index (κ3) is 4.91. The van der Waals surface area contributed by atoms with Gasteiger partial charge in [0.1, 0.15) is 0 Å². The van der Waals surface area contributed by atoms with Crippen molar-refractivity contribution in [2.24, 2.45) is 0 Å². The summed E-state index contributed by atoms with van der Waals surface area (Å²) in [7, 11) is 0. The van der Waals surface area contributed by atoms with Crippen molar-refractivity contribution in [1.82, 2.24) is 0 Å². The van der Waals surface area contributed by atoms with Crippen molar-refractivity contribution < 1.29 is 14.6 Å². The molecule has 0 rings (SSSR count). The number of ether oxygens (including phenoxy) is 1. The van der Waals surface area contributed by atoms with E-state index >= 15 is 0 Å². The molecule has 0 amide bonds. The van der Waals surface area contributed by atoms with Crippen LogP contribution in [0.15, 0.2) is 12.2 Å². The second kappa shape index (κ2) is 5.77. The summed E-state index contributed by atoms with van der Waals surface area (Å²) in [5.41, 5.74) is 0.744. The first kappa shape index (κ1) is 11.2. The van der Waals surface area contributed by atoms with Gasteiger partial charge in [0, 0.05) is 0 Å².